The van der Waals surface area contributed by atoms with E-state index in [4.69, 9.17) is 10.5 Å². The highest BCUT2D eigenvalue weighted by molar-refractivity contribution is 5.96. The molecule has 3 rings (SSSR count). The number of halogens is 2. The molecule has 42 heavy (non-hydrogen) atoms. The largest absolute Gasteiger partial charge is 0.456 e. The van der Waals surface area contributed by atoms with Gasteiger partial charge in [-0.3, -0.25) is 4.79 Å². The number of pyridine rings is 1. The van der Waals surface area contributed by atoms with Gasteiger partial charge in [0.1, 0.15) is 23.4 Å². The fraction of sp³-hybridized carbons (Fsp3) is 0.424. The zero-order valence-corrected chi connectivity index (χ0v) is 25.0. The fourth-order valence-electron chi connectivity index (χ4n) is 4.85. The Kier molecular flexibility index (Phi) is 12.6. The van der Waals surface area contributed by atoms with E-state index in [1.165, 1.54) is 23.8 Å². The normalized spacial score (nSPS) is 12.5. The number of amides is 1. The first kappa shape index (κ1) is 32.8. The molecule has 7 nitrogen and oxygen atoms in total. The van der Waals surface area contributed by atoms with E-state index in [9.17, 15) is 18.4 Å². The molecule has 1 amide bonds. The fourth-order valence-corrected chi connectivity index (χ4v) is 4.85. The first-order valence-electron chi connectivity index (χ1n) is 14.6. The van der Waals surface area contributed by atoms with Crippen LogP contribution in [0.3, 0.4) is 0 Å². The van der Waals surface area contributed by atoms with Crippen molar-refractivity contribution in [1.82, 2.24) is 15.2 Å². The van der Waals surface area contributed by atoms with Gasteiger partial charge in [0.2, 0.25) is 0 Å². The molecule has 1 heterocycles. The standard InChI is InChI=1S/C33H42F2N4O3/c1-5-11-39(12-6-2)32(40)30-18-26(13-22(4)38-30)33(41)42-31(21-37-20-24-10-8-9-23(7-3)14-24)29(36)17-25-15-27(34)19-28(35)16-25/h8-10,13-16,18-19,29,31,37H,5-7,11-12,17,20-21,36H2,1-4H3/t29-,31+/m0/s1. The molecule has 0 bridgehead atoms. The van der Waals surface area contributed by atoms with Gasteiger partial charge >= 0.3 is 5.97 Å². The summed E-state index contributed by atoms with van der Waals surface area (Å²) in [5, 5.41) is 3.30. The summed E-state index contributed by atoms with van der Waals surface area (Å²) in [5.41, 5.74) is 9.97. The highest BCUT2D eigenvalue weighted by Gasteiger charge is 2.25. The number of aromatic nitrogens is 1. The van der Waals surface area contributed by atoms with Crippen LogP contribution >= 0.6 is 0 Å². The monoisotopic (exact) mass is 580 g/mol. The number of nitrogens with one attached hydrogen (secondary N) is 1. The molecule has 0 saturated carbocycles. The number of nitrogens with two attached hydrogens (primary N) is 1. The van der Waals surface area contributed by atoms with Gasteiger partial charge in [-0.2, -0.15) is 0 Å². The Morgan fingerprint density at radius 2 is 1.62 bits per heavy atom. The van der Waals surface area contributed by atoms with Crippen molar-refractivity contribution in [1.29, 1.82) is 0 Å². The molecule has 0 aliphatic heterocycles. The van der Waals surface area contributed by atoms with Crippen LogP contribution in [0.25, 0.3) is 0 Å². The quantitative estimate of drug-likeness (QED) is 0.234. The summed E-state index contributed by atoms with van der Waals surface area (Å²) in [7, 11) is 0. The molecule has 0 saturated heterocycles. The van der Waals surface area contributed by atoms with E-state index >= 15 is 0 Å². The number of hydrogen-bond donors (Lipinski definition) is 2. The van der Waals surface area contributed by atoms with Crippen molar-refractivity contribution < 1.29 is 23.1 Å². The first-order valence-corrected chi connectivity index (χ1v) is 14.6. The lowest BCUT2D eigenvalue weighted by atomic mass is 10.0. The van der Waals surface area contributed by atoms with Gasteiger partial charge in [-0.05, 0) is 73.6 Å². The Hall–Kier alpha value is -3.69. The number of rotatable bonds is 15. The summed E-state index contributed by atoms with van der Waals surface area (Å²) < 4.78 is 33.6. The summed E-state index contributed by atoms with van der Waals surface area (Å²) in [4.78, 5) is 32.7. The number of esters is 1. The Bertz CT molecular complexity index is 1320. The van der Waals surface area contributed by atoms with Crippen LogP contribution in [0.1, 0.15) is 76.8 Å². The predicted octanol–water partition coefficient (Wildman–Crippen LogP) is 5.38. The van der Waals surface area contributed by atoms with Gasteiger partial charge in [0.05, 0.1) is 5.56 Å². The molecule has 0 radical (unpaired) electrons. The third-order valence-corrected chi connectivity index (χ3v) is 6.89. The second kappa shape index (κ2) is 16.1. The maximum atomic E-state index is 13.8. The van der Waals surface area contributed by atoms with Crippen molar-refractivity contribution in [3.05, 3.63) is 99.9 Å². The van der Waals surface area contributed by atoms with Gasteiger partial charge in [-0.1, -0.05) is 45.0 Å². The molecular formula is C33H42F2N4O3. The summed E-state index contributed by atoms with van der Waals surface area (Å²) in [6, 6.07) is 13.6. The van der Waals surface area contributed by atoms with Crippen LogP contribution in [0, 0.1) is 18.6 Å². The van der Waals surface area contributed by atoms with Crippen molar-refractivity contribution in [3.8, 4) is 0 Å². The minimum Gasteiger partial charge on any atom is -0.456 e. The van der Waals surface area contributed by atoms with Crippen molar-refractivity contribution in [2.24, 2.45) is 5.73 Å². The van der Waals surface area contributed by atoms with E-state index in [2.05, 4.69) is 29.4 Å². The summed E-state index contributed by atoms with van der Waals surface area (Å²) >= 11 is 0. The Morgan fingerprint density at radius 1 is 0.952 bits per heavy atom. The van der Waals surface area contributed by atoms with Crippen LogP contribution in [-0.2, 0) is 24.1 Å². The third-order valence-electron chi connectivity index (χ3n) is 6.89. The van der Waals surface area contributed by atoms with Crippen molar-refractivity contribution >= 4 is 11.9 Å². The molecule has 0 spiro atoms. The lowest BCUT2D eigenvalue weighted by Gasteiger charge is -2.25. The van der Waals surface area contributed by atoms with Gasteiger partial charge in [-0.15, -0.1) is 0 Å². The molecule has 0 unspecified atom stereocenters. The molecule has 226 valence electrons. The lowest BCUT2D eigenvalue weighted by Crippen LogP contribution is -2.46. The van der Waals surface area contributed by atoms with Crippen molar-refractivity contribution in [2.45, 2.75) is 72.1 Å². The van der Waals surface area contributed by atoms with Crippen molar-refractivity contribution in [3.63, 3.8) is 0 Å². The molecule has 9 heteroatoms. The first-order chi connectivity index (χ1) is 20.1. The molecule has 0 fully saturated rings. The van der Waals surface area contributed by atoms with E-state index in [1.807, 2.05) is 26.0 Å². The number of nitrogens with zero attached hydrogens (tertiary/aromatic N) is 2. The SMILES string of the molecule is CCCN(CCC)C(=O)c1cc(C(=O)O[C@H](CNCc2cccc(CC)c2)[C@@H](N)Cc2cc(F)cc(F)c2)cc(C)n1. The van der Waals surface area contributed by atoms with Crippen molar-refractivity contribution in [2.75, 3.05) is 19.6 Å². The van der Waals surface area contributed by atoms with Gasteiger partial charge in [-0.25, -0.2) is 18.6 Å². The van der Waals surface area contributed by atoms with Crippen LogP contribution in [0.15, 0.2) is 54.6 Å². The van der Waals surface area contributed by atoms with Gasteiger partial charge in [0.25, 0.3) is 5.91 Å². The molecular weight excluding hydrogens is 538 g/mol. The molecule has 0 aliphatic rings. The van der Waals surface area contributed by atoms with E-state index in [-0.39, 0.29) is 30.1 Å². The Balaban J connectivity index is 1.81. The smallest absolute Gasteiger partial charge is 0.338 e. The lowest BCUT2D eigenvalue weighted by molar-refractivity contribution is 0.0238. The summed E-state index contributed by atoms with van der Waals surface area (Å²) in [5.74, 6) is -2.31. The van der Waals surface area contributed by atoms with E-state index < -0.39 is 29.7 Å². The zero-order valence-electron chi connectivity index (χ0n) is 25.0. The Morgan fingerprint density at radius 3 is 2.26 bits per heavy atom. The second-order valence-electron chi connectivity index (χ2n) is 10.6. The number of benzene rings is 2. The minimum atomic E-state index is -0.831. The topological polar surface area (TPSA) is 97.5 Å². The molecule has 2 atom stereocenters. The Labute approximate surface area is 247 Å². The van der Waals surface area contributed by atoms with Crippen LogP contribution in [-0.4, -0.2) is 53.5 Å². The van der Waals surface area contributed by atoms with Gasteiger partial charge < -0.3 is 20.7 Å². The molecule has 3 N–H and O–H groups in total. The summed E-state index contributed by atoms with van der Waals surface area (Å²) in [6.07, 6.45) is 1.77. The maximum absolute atomic E-state index is 13.8. The van der Waals surface area contributed by atoms with Crippen LogP contribution < -0.4 is 11.1 Å². The molecule has 2 aromatic carbocycles. The van der Waals surface area contributed by atoms with E-state index in [1.54, 1.807) is 17.9 Å². The number of ether oxygens (including phenoxy) is 1. The number of aryl methyl sites for hydroxylation is 2. The maximum Gasteiger partial charge on any atom is 0.338 e. The third kappa shape index (κ3) is 9.70. The predicted molar refractivity (Wildman–Crippen MR) is 160 cm³/mol. The van der Waals surface area contributed by atoms with Crippen LogP contribution in [0.5, 0.6) is 0 Å². The minimum absolute atomic E-state index is 0.0851. The average molecular weight is 581 g/mol. The molecule has 0 aliphatic carbocycles. The average Bonchev–Trinajstić information content (AvgIpc) is 2.95. The molecule has 3 aromatic rings. The zero-order chi connectivity index (χ0) is 30.6. The number of carbonyl (C=O) groups excluding carboxylic acids is 2. The van der Waals surface area contributed by atoms with Crippen LogP contribution in [0.2, 0.25) is 0 Å². The summed E-state index contributed by atoms with van der Waals surface area (Å²) in [6.45, 7) is 9.70. The van der Waals surface area contributed by atoms with Crippen LogP contribution in [0.4, 0.5) is 8.78 Å². The highest BCUT2D eigenvalue weighted by Crippen LogP contribution is 2.16. The molecule has 1 aromatic heterocycles. The second-order valence-corrected chi connectivity index (χ2v) is 10.6. The van der Waals surface area contributed by atoms with E-state index in [0.717, 1.165) is 30.9 Å². The van der Waals surface area contributed by atoms with Gasteiger partial charge in [0, 0.05) is 44.0 Å². The van der Waals surface area contributed by atoms with E-state index in [0.29, 0.717) is 30.9 Å². The number of hydrogen-bond acceptors (Lipinski definition) is 6. The van der Waals surface area contributed by atoms with Gasteiger partial charge in [0.15, 0.2) is 0 Å². The number of carbonyl (C=O) groups is 2. The highest BCUT2D eigenvalue weighted by atomic mass is 19.1.